The predicted molar refractivity (Wildman–Crippen MR) is 123 cm³/mol. The highest BCUT2D eigenvalue weighted by atomic mass is 35.5. The zero-order chi connectivity index (χ0) is 21.7. The van der Waals surface area contributed by atoms with Gasteiger partial charge in [-0.25, -0.2) is 9.37 Å². The molecule has 6 N–H and O–H groups in total. The van der Waals surface area contributed by atoms with Crippen molar-refractivity contribution < 1.29 is 4.39 Å². The van der Waals surface area contributed by atoms with E-state index in [-0.39, 0.29) is 10.8 Å². The van der Waals surface area contributed by atoms with Gasteiger partial charge in [0.15, 0.2) is 0 Å². The number of nitrogens with two attached hydrogens (primary N) is 1. The number of nitrogen functional groups attached to an aromatic ring is 1. The molecule has 3 rings (SSSR count). The first-order chi connectivity index (χ1) is 14.4. The quantitative estimate of drug-likeness (QED) is 0.313. The lowest BCUT2D eigenvalue weighted by atomic mass is 10.1. The molecule has 0 bridgehead atoms. The molecule has 1 atom stereocenters. The molecule has 30 heavy (non-hydrogen) atoms. The lowest BCUT2D eigenvalue weighted by Crippen LogP contribution is -2.37. The Hall–Kier alpha value is -2.35. The van der Waals surface area contributed by atoms with Gasteiger partial charge in [0, 0.05) is 46.4 Å². The van der Waals surface area contributed by atoms with E-state index in [1.165, 1.54) is 18.3 Å². The Morgan fingerprint density at radius 3 is 2.80 bits per heavy atom. The number of anilines is 2. The van der Waals surface area contributed by atoms with Gasteiger partial charge < -0.3 is 27.1 Å². The second-order valence-electron chi connectivity index (χ2n) is 7.21. The third kappa shape index (κ3) is 5.22. The Morgan fingerprint density at radius 1 is 1.37 bits per heavy atom. The van der Waals surface area contributed by atoms with E-state index in [0.717, 1.165) is 31.5 Å². The van der Waals surface area contributed by atoms with E-state index in [2.05, 4.69) is 20.9 Å². The second kappa shape index (κ2) is 10.1. The maximum absolute atomic E-state index is 13.9. The van der Waals surface area contributed by atoms with Gasteiger partial charge in [0.05, 0.1) is 16.8 Å². The van der Waals surface area contributed by atoms with Crippen LogP contribution >= 0.6 is 23.2 Å². The third-order valence-corrected chi connectivity index (χ3v) is 5.82. The van der Waals surface area contributed by atoms with Crippen molar-refractivity contribution >= 4 is 46.5 Å². The molecule has 1 fully saturated rings. The standard InChI is InChI=1S/C21H25Cl2FN6/c1-12(19-16(22)2-3-17(24)20(19)23)30-18-8-13(10-29-21(18)26)14(9-25)11-28-15-4-6-27-7-5-15/h2-3,8-12,15,25,27-28,30H,4-7H2,1H3,(H2,26,29)/b14-11+,25-9?. The fourth-order valence-corrected chi connectivity index (χ4v) is 4.10. The van der Waals surface area contributed by atoms with Crippen LogP contribution in [0.4, 0.5) is 15.9 Å². The number of hydrogen-bond donors (Lipinski definition) is 5. The molecule has 1 aromatic carbocycles. The lowest BCUT2D eigenvalue weighted by molar-refractivity contribution is 0.420. The molecule has 0 saturated carbocycles. The smallest absolute Gasteiger partial charge is 0.146 e. The van der Waals surface area contributed by atoms with E-state index in [0.29, 0.717) is 27.9 Å². The van der Waals surface area contributed by atoms with E-state index < -0.39 is 11.9 Å². The highest BCUT2D eigenvalue weighted by Gasteiger charge is 2.18. The molecule has 2 heterocycles. The Bertz CT molecular complexity index is 943. The van der Waals surface area contributed by atoms with Crippen molar-refractivity contribution in [1.82, 2.24) is 15.6 Å². The summed E-state index contributed by atoms with van der Waals surface area (Å²) in [7, 11) is 0. The van der Waals surface area contributed by atoms with Gasteiger partial charge in [0.2, 0.25) is 0 Å². The number of rotatable bonds is 7. The maximum Gasteiger partial charge on any atom is 0.146 e. The highest BCUT2D eigenvalue weighted by Crippen LogP contribution is 2.35. The Kier molecular flexibility index (Phi) is 7.53. The van der Waals surface area contributed by atoms with Crippen molar-refractivity contribution in [3.63, 3.8) is 0 Å². The van der Waals surface area contributed by atoms with Crippen LogP contribution in [0.5, 0.6) is 0 Å². The van der Waals surface area contributed by atoms with E-state index >= 15 is 0 Å². The molecule has 0 aliphatic carbocycles. The molecular formula is C21H25Cl2FN6. The average Bonchev–Trinajstić information content (AvgIpc) is 2.74. The molecule has 6 nitrogen and oxygen atoms in total. The van der Waals surface area contributed by atoms with Gasteiger partial charge in [0.1, 0.15) is 11.6 Å². The minimum Gasteiger partial charge on any atom is -0.388 e. The van der Waals surface area contributed by atoms with Crippen LogP contribution in [0.25, 0.3) is 5.57 Å². The zero-order valence-electron chi connectivity index (χ0n) is 16.6. The molecular weight excluding hydrogens is 426 g/mol. The molecule has 1 unspecified atom stereocenters. The van der Waals surface area contributed by atoms with Crippen molar-refractivity contribution in [2.24, 2.45) is 0 Å². The molecule has 0 radical (unpaired) electrons. The van der Waals surface area contributed by atoms with Crippen LogP contribution in [0, 0.1) is 11.2 Å². The molecule has 1 aliphatic heterocycles. The van der Waals surface area contributed by atoms with Crippen LogP contribution in [-0.2, 0) is 0 Å². The summed E-state index contributed by atoms with van der Waals surface area (Å²) in [5.74, 6) is -0.257. The number of aromatic nitrogens is 1. The first kappa shape index (κ1) is 22.3. The van der Waals surface area contributed by atoms with Gasteiger partial charge in [-0.15, -0.1) is 0 Å². The third-order valence-electron chi connectivity index (χ3n) is 5.11. The number of piperidine rings is 1. The van der Waals surface area contributed by atoms with E-state index in [9.17, 15) is 4.39 Å². The molecule has 1 saturated heterocycles. The van der Waals surface area contributed by atoms with Gasteiger partial charge in [-0.2, -0.15) is 0 Å². The summed E-state index contributed by atoms with van der Waals surface area (Å²) in [6.07, 6.45) is 6.79. The molecule has 0 spiro atoms. The van der Waals surface area contributed by atoms with E-state index in [1.54, 1.807) is 12.3 Å². The molecule has 9 heteroatoms. The molecule has 1 aromatic heterocycles. The SMILES string of the molecule is CC(Nc1cc(/C(C=N)=C/NC2CCNCC2)cnc1N)c1c(Cl)ccc(F)c1Cl. The van der Waals surface area contributed by atoms with Crippen LogP contribution in [-0.4, -0.2) is 30.3 Å². The van der Waals surface area contributed by atoms with Crippen LogP contribution < -0.4 is 21.7 Å². The van der Waals surface area contributed by atoms with E-state index in [1.807, 2.05) is 13.1 Å². The first-order valence-electron chi connectivity index (χ1n) is 9.74. The summed E-state index contributed by atoms with van der Waals surface area (Å²) < 4.78 is 13.9. The van der Waals surface area contributed by atoms with Gasteiger partial charge in [-0.1, -0.05) is 23.2 Å². The van der Waals surface area contributed by atoms with Gasteiger partial charge in [0.25, 0.3) is 0 Å². The minimum atomic E-state index is -0.539. The maximum atomic E-state index is 13.9. The highest BCUT2D eigenvalue weighted by molar-refractivity contribution is 6.36. The van der Waals surface area contributed by atoms with Crippen molar-refractivity contribution in [1.29, 1.82) is 5.41 Å². The summed E-state index contributed by atoms with van der Waals surface area (Å²) in [6.45, 7) is 3.77. The molecule has 160 valence electrons. The lowest BCUT2D eigenvalue weighted by Gasteiger charge is -2.23. The average molecular weight is 451 g/mol. The number of nitrogens with one attached hydrogen (secondary N) is 4. The number of allylic oxidation sites excluding steroid dienone is 1. The normalized spacial score (nSPS) is 16.2. The first-order valence-corrected chi connectivity index (χ1v) is 10.5. The summed E-state index contributed by atoms with van der Waals surface area (Å²) >= 11 is 12.4. The number of hydrogen-bond acceptors (Lipinski definition) is 6. The van der Waals surface area contributed by atoms with Crippen LogP contribution in [0.1, 0.15) is 36.9 Å². The van der Waals surface area contributed by atoms with Gasteiger partial charge >= 0.3 is 0 Å². The zero-order valence-corrected chi connectivity index (χ0v) is 18.1. The van der Waals surface area contributed by atoms with Crippen LogP contribution in [0.15, 0.2) is 30.6 Å². The predicted octanol–water partition coefficient (Wildman–Crippen LogP) is 4.61. The molecule has 2 aromatic rings. The summed E-state index contributed by atoms with van der Waals surface area (Å²) in [5.41, 5.74) is 8.44. The van der Waals surface area contributed by atoms with Gasteiger partial charge in [-0.05, 0) is 51.1 Å². The second-order valence-corrected chi connectivity index (χ2v) is 8.00. The summed E-state index contributed by atoms with van der Waals surface area (Å²) in [6, 6.07) is 4.46. The van der Waals surface area contributed by atoms with Gasteiger partial charge in [-0.3, -0.25) is 0 Å². The van der Waals surface area contributed by atoms with Crippen molar-refractivity contribution in [2.75, 3.05) is 24.1 Å². The number of benzene rings is 1. The fraction of sp³-hybridized carbons (Fsp3) is 0.333. The van der Waals surface area contributed by atoms with Crippen LogP contribution in [0.3, 0.4) is 0 Å². The van der Waals surface area contributed by atoms with E-state index in [4.69, 9.17) is 34.3 Å². The van der Waals surface area contributed by atoms with Crippen molar-refractivity contribution in [3.05, 3.63) is 57.6 Å². The topological polar surface area (TPSA) is 98.9 Å². The Labute approximate surface area is 185 Å². The Balaban J connectivity index is 1.82. The van der Waals surface area contributed by atoms with Crippen LogP contribution in [0.2, 0.25) is 10.0 Å². The monoisotopic (exact) mass is 450 g/mol. The fourth-order valence-electron chi connectivity index (χ4n) is 3.40. The Morgan fingerprint density at radius 2 is 2.10 bits per heavy atom. The molecule has 1 aliphatic rings. The van der Waals surface area contributed by atoms with Crippen molar-refractivity contribution in [3.8, 4) is 0 Å². The summed E-state index contributed by atoms with van der Waals surface area (Å²) in [4.78, 5) is 4.25. The number of halogens is 3. The molecule has 0 amide bonds. The summed E-state index contributed by atoms with van der Waals surface area (Å²) in [5, 5.41) is 18.0. The van der Waals surface area contributed by atoms with Crippen molar-refractivity contribution in [2.45, 2.75) is 31.8 Å². The largest absolute Gasteiger partial charge is 0.388 e. The minimum absolute atomic E-state index is 0.0311. The number of nitrogens with zero attached hydrogens (tertiary/aromatic N) is 1. The number of pyridine rings is 1.